The molecule has 1 heterocycles. The fraction of sp³-hybridized carbons (Fsp3) is 0.214. The second-order valence-corrected chi connectivity index (χ2v) is 5.08. The highest BCUT2D eigenvalue weighted by Crippen LogP contribution is 2.24. The molecular weight excluding hydrogens is 308 g/mol. The SMILES string of the molecule is COc1ccccc1C(C)NC(=O)c1cc(Br)c[nH]1. The minimum atomic E-state index is -0.149. The molecule has 0 saturated carbocycles. The van der Waals surface area contributed by atoms with Gasteiger partial charge in [-0.3, -0.25) is 4.79 Å². The number of carbonyl (C=O) groups excluding carboxylic acids is 1. The first-order valence-corrected chi connectivity index (χ1v) is 6.69. The Morgan fingerprint density at radius 3 is 2.79 bits per heavy atom. The summed E-state index contributed by atoms with van der Waals surface area (Å²) in [6.07, 6.45) is 1.72. The highest BCUT2D eigenvalue weighted by molar-refractivity contribution is 9.10. The van der Waals surface area contributed by atoms with E-state index < -0.39 is 0 Å². The number of carbonyl (C=O) groups is 1. The number of benzene rings is 1. The number of hydrogen-bond acceptors (Lipinski definition) is 2. The lowest BCUT2D eigenvalue weighted by Gasteiger charge is -2.16. The maximum atomic E-state index is 12.0. The zero-order valence-corrected chi connectivity index (χ0v) is 12.3. The van der Waals surface area contributed by atoms with Crippen molar-refractivity contribution < 1.29 is 9.53 Å². The Morgan fingerprint density at radius 1 is 1.42 bits per heavy atom. The van der Waals surface area contributed by atoms with Crippen molar-refractivity contribution in [3.8, 4) is 5.75 Å². The molecule has 19 heavy (non-hydrogen) atoms. The van der Waals surface area contributed by atoms with Crippen molar-refractivity contribution in [2.45, 2.75) is 13.0 Å². The van der Waals surface area contributed by atoms with Crippen molar-refractivity contribution in [3.63, 3.8) is 0 Å². The summed E-state index contributed by atoms with van der Waals surface area (Å²) in [5.74, 6) is 0.618. The van der Waals surface area contributed by atoms with E-state index in [0.29, 0.717) is 5.69 Å². The van der Waals surface area contributed by atoms with Gasteiger partial charge in [-0.2, -0.15) is 0 Å². The Hall–Kier alpha value is -1.75. The fourth-order valence-electron chi connectivity index (χ4n) is 1.88. The van der Waals surface area contributed by atoms with Crippen LogP contribution in [-0.4, -0.2) is 18.0 Å². The third kappa shape index (κ3) is 3.17. The summed E-state index contributed by atoms with van der Waals surface area (Å²) in [5.41, 5.74) is 1.47. The van der Waals surface area contributed by atoms with Gasteiger partial charge >= 0.3 is 0 Å². The molecule has 4 nitrogen and oxygen atoms in total. The molecule has 0 fully saturated rings. The molecule has 0 spiro atoms. The maximum Gasteiger partial charge on any atom is 0.268 e. The molecule has 0 aliphatic heterocycles. The average molecular weight is 323 g/mol. The minimum Gasteiger partial charge on any atom is -0.496 e. The van der Waals surface area contributed by atoms with E-state index in [1.165, 1.54) is 0 Å². The predicted molar refractivity (Wildman–Crippen MR) is 77.4 cm³/mol. The standard InChI is InChI=1S/C14H15BrN2O2/c1-9(11-5-3-4-6-13(11)19-2)17-14(18)12-7-10(15)8-16-12/h3-9,16H,1-2H3,(H,17,18). The number of nitrogens with one attached hydrogen (secondary N) is 2. The molecule has 2 rings (SSSR count). The molecule has 1 atom stereocenters. The zero-order valence-electron chi connectivity index (χ0n) is 10.7. The van der Waals surface area contributed by atoms with Crippen LogP contribution in [0, 0.1) is 0 Å². The summed E-state index contributed by atoms with van der Waals surface area (Å²) >= 11 is 3.30. The van der Waals surface area contributed by atoms with Crippen LogP contribution in [0.5, 0.6) is 5.75 Å². The van der Waals surface area contributed by atoms with Gasteiger partial charge in [-0.05, 0) is 35.0 Å². The number of methoxy groups -OCH3 is 1. The van der Waals surface area contributed by atoms with Crippen LogP contribution in [0.3, 0.4) is 0 Å². The maximum absolute atomic E-state index is 12.0. The van der Waals surface area contributed by atoms with Crippen LogP contribution in [0.15, 0.2) is 41.0 Å². The second-order valence-electron chi connectivity index (χ2n) is 4.17. The normalized spacial score (nSPS) is 11.9. The number of halogens is 1. The van der Waals surface area contributed by atoms with Gasteiger partial charge in [0.25, 0.3) is 5.91 Å². The van der Waals surface area contributed by atoms with Gasteiger partial charge < -0.3 is 15.0 Å². The first kappa shape index (κ1) is 13.7. The Kier molecular flexibility index (Phi) is 4.27. The Morgan fingerprint density at radius 2 is 2.16 bits per heavy atom. The summed E-state index contributed by atoms with van der Waals surface area (Å²) < 4.78 is 6.14. The van der Waals surface area contributed by atoms with E-state index in [1.807, 2.05) is 31.2 Å². The zero-order chi connectivity index (χ0) is 13.8. The molecule has 0 aliphatic carbocycles. The van der Waals surface area contributed by atoms with Crippen molar-refractivity contribution in [3.05, 3.63) is 52.3 Å². The number of aromatic amines is 1. The van der Waals surface area contributed by atoms with Gasteiger partial charge in [0.2, 0.25) is 0 Å². The first-order chi connectivity index (χ1) is 9.11. The van der Waals surface area contributed by atoms with Gasteiger partial charge in [0.15, 0.2) is 0 Å². The van der Waals surface area contributed by atoms with Crippen molar-refractivity contribution in [1.82, 2.24) is 10.3 Å². The highest BCUT2D eigenvalue weighted by atomic mass is 79.9. The summed E-state index contributed by atoms with van der Waals surface area (Å²) in [4.78, 5) is 14.9. The fourth-order valence-corrected chi connectivity index (χ4v) is 2.22. The first-order valence-electron chi connectivity index (χ1n) is 5.89. The number of aromatic nitrogens is 1. The molecule has 1 unspecified atom stereocenters. The topological polar surface area (TPSA) is 54.1 Å². The summed E-state index contributed by atoms with van der Waals surface area (Å²) in [6, 6.07) is 9.25. The van der Waals surface area contributed by atoms with Gasteiger partial charge in [-0.15, -0.1) is 0 Å². The number of H-pyrrole nitrogens is 1. The summed E-state index contributed by atoms with van der Waals surface area (Å²) in [5, 5.41) is 2.93. The number of para-hydroxylation sites is 1. The van der Waals surface area contributed by atoms with E-state index in [0.717, 1.165) is 15.8 Å². The van der Waals surface area contributed by atoms with Gasteiger partial charge in [-0.25, -0.2) is 0 Å². The lowest BCUT2D eigenvalue weighted by atomic mass is 10.1. The quantitative estimate of drug-likeness (QED) is 0.907. The molecule has 100 valence electrons. The molecular formula is C14H15BrN2O2. The minimum absolute atomic E-state index is 0.134. The largest absolute Gasteiger partial charge is 0.496 e. The molecule has 2 N–H and O–H groups in total. The van der Waals surface area contributed by atoms with E-state index in [9.17, 15) is 4.79 Å². The summed E-state index contributed by atoms with van der Waals surface area (Å²) in [7, 11) is 1.62. The molecule has 5 heteroatoms. The molecule has 1 aromatic carbocycles. The van der Waals surface area contributed by atoms with Gasteiger partial charge in [-0.1, -0.05) is 18.2 Å². The monoisotopic (exact) mass is 322 g/mol. The molecule has 0 bridgehead atoms. The van der Waals surface area contributed by atoms with Gasteiger partial charge in [0.1, 0.15) is 11.4 Å². The van der Waals surface area contributed by atoms with E-state index in [2.05, 4.69) is 26.2 Å². The van der Waals surface area contributed by atoms with E-state index in [1.54, 1.807) is 19.4 Å². The van der Waals surface area contributed by atoms with Crippen molar-refractivity contribution >= 4 is 21.8 Å². The smallest absolute Gasteiger partial charge is 0.268 e. The Bertz CT molecular complexity index is 580. The third-order valence-corrected chi connectivity index (χ3v) is 3.30. The third-order valence-electron chi connectivity index (χ3n) is 2.85. The Labute approximate surface area is 120 Å². The molecule has 0 radical (unpaired) electrons. The van der Waals surface area contributed by atoms with E-state index in [4.69, 9.17) is 4.74 Å². The predicted octanol–water partition coefficient (Wildman–Crippen LogP) is 3.28. The van der Waals surface area contributed by atoms with Gasteiger partial charge in [0.05, 0.1) is 13.2 Å². The van der Waals surface area contributed by atoms with Crippen LogP contribution in [0.4, 0.5) is 0 Å². The molecule has 1 amide bonds. The average Bonchev–Trinajstić information content (AvgIpc) is 2.85. The van der Waals surface area contributed by atoms with Crippen LogP contribution in [-0.2, 0) is 0 Å². The van der Waals surface area contributed by atoms with Crippen LogP contribution < -0.4 is 10.1 Å². The van der Waals surface area contributed by atoms with Crippen molar-refractivity contribution in [2.75, 3.05) is 7.11 Å². The molecule has 0 saturated heterocycles. The number of ether oxygens (including phenoxy) is 1. The lowest BCUT2D eigenvalue weighted by molar-refractivity contribution is 0.0935. The van der Waals surface area contributed by atoms with Crippen LogP contribution in [0.1, 0.15) is 29.0 Å². The number of amides is 1. The van der Waals surface area contributed by atoms with Crippen molar-refractivity contribution in [2.24, 2.45) is 0 Å². The highest BCUT2D eigenvalue weighted by Gasteiger charge is 2.15. The number of rotatable bonds is 4. The Balaban J connectivity index is 2.12. The van der Waals surface area contributed by atoms with Crippen LogP contribution >= 0.6 is 15.9 Å². The van der Waals surface area contributed by atoms with Gasteiger partial charge in [0, 0.05) is 16.2 Å². The van der Waals surface area contributed by atoms with E-state index in [-0.39, 0.29) is 11.9 Å². The van der Waals surface area contributed by atoms with E-state index >= 15 is 0 Å². The molecule has 1 aromatic heterocycles. The van der Waals surface area contributed by atoms with Crippen LogP contribution in [0.2, 0.25) is 0 Å². The molecule has 0 aliphatic rings. The number of hydrogen-bond donors (Lipinski definition) is 2. The lowest BCUT2D eigenvalue weighted by Crippen LogP contribution is -2.27. The second kappa shape index (κ2) is 5.93. The van der Waals surface area contributed by atoms with Crippen molar-refractivity contribution in [1.29, 1.82) is 0 Å². The summed E-state index contributed by atoms with van der Waals surface area (Å²) in [6.45, 7) is 1.92. The van der Waals surface area contributed by atoms with Crippen LogP contribution in [0.25, 0.3) is 0 Å². The molecule has 2 aromatic rings.